The van der Waals surface area contributed by atoms with Crippen molar-refractivity contribution in [2.45, 2.75) is 39.3 Å². The molecule has 92 valence electrons. The van der Waals surface area contributed by atoms with Gasteiger partial charge in [0, 0.05) is 13.1 Å². The molecule has 0 saturated carbocycles. The molecule has 0 spiro atoms. The van der Waals surface area contributed by atoms with Crippen LogP contribution in [0.3, 0.4) is 0 Å². The van der Waals surface area contributed by atoms with E-state index >= 15 is 0 Å². The van der Waals surface area contributed by atoms with Gasteiger partial charge in [-0.25, -0.2) is 4.68 Å². The van der Waals surface area contributed by atoms with Gasteiger partial charge in [0.2, 0.25) is 0 Å². The highest BCUT2D eigenvalue weighted by Crippen LogP contribution is 2.17. The fourth-order valence-electron chi connectivity index (χ4n) is 1.83. The Balaban J connectivity index is 2.68. The first-order valence-corrected chi connectivity index (χ1v) is 5.83. The summed E-state index contributed by atoms with van der Waals surface area (Å²) in [5.74, 6) is 0.424. The average Bonchev–Trinajstić information content (AvgIpc) is 2.60. The Kier molecular flexibility index (Phi) is 4.89. The van der Waals surface area contributed by atoms with E-state index in [1.54, 1.807) is 0 Å². The lowest BCUT2D eigenvalue weighted by molar-refractivity contribution is 0.375. The zero-order chi connectivity index (χ0) is 12.1. The van der Waals surface area contributed by atoms with E-state index in [-0.39, 0.29) is 0 Å². The van der Waals surface area contributed by atoms with Crippen LogP contribution in [0, 0.1) is 0 Å². The van der Waals surface area contributed by atoms with Crippen molar-refractivity contribution >= 4 is 0 Å². The van der Waals surface area contributed by atoms with Crippen LogP contribution in [0.25, 0.3) is 0 Å². The molecule has 5 heteroatoms. The molecule has 1 aromatic heterocycles. The van der Waals surface area contributed by atoms with Gasteiger partial charge in [-0.2, -0.15) is 0 Å². The Morgan fingerprint density at radius 2 is 2.06 bits per heavy atom. The molecule has 0 aliphatic heterocycles. The molecule has 0 unspecified atom stereocenters. The second-order valence-electron chi connectivity index (χ2n) is 4.66. The van der Waals surface area contributed by atoms with Gasteiger partial charge in [0.1, 0.15) is 0 Å². The minimum absolute atomic E-state index is 0.424. The van der Waals surface area contributed by atoms with Crippen LogP contribution in [-0.2, 0) is 13.1 Å². The summed E-state index contributed by atoms with van der Waals surface area (Å²) >= 11 is 0. The van der Waals surface area contributed by atoms with Gasteiger partial charge in [0.15, 0.2) is 0 Å². The molecular weight excluding hydrogens is 202 g/mol. The quantitative estimate of drug-likeness (QED) is 0.778. The molecule has 1 heterocycles. The molecule has 1 aromatic rings. The summed E-state index contributed by atoms with van der Waals surface area (Å²) in [5.41, 5.74) is 7.77. The molecule has 0 atom stereocenters. The van der Waals surface area contributed by atoms with Crippen LogP contribution < -0.4 is 5.73 Å². The maximum atomic E-state index is 5.65. The average molecular weight is 225 g/mol. The van der Waals surface area contributed by atoms with Gasteiger partial charge in [-0.1, -0.05) is 19.1 Å². The molecule has 0 saturated heterocycles. The Bertz CT molecular complexity index is 316. The summed E-state index contributed by atoms with van der Waals surface area (Å²) in [6.45, 7) is 6.76. The van der Waals surface area contributed by atoms with Gasteiger partial charge in [0.25, 0.3) is 0 Å². The highest BCUT2D eigenvalue weighted by molar-refractivity contribution is 5.13. The van der Waals surface area contributed by atoms with E-state index in [0.29, 0.717) is 12.5 Å². The third-order valence-electron chi connectivity index (χ3n) is 2.56. The van der Waals surface area contributed by atoms with Crippen molar-refractivity contribution in [2.75, 3.05) is 20.6 Å². The minimum atomic E-state index is 0.424. The second-order valence-corrected chi connectivity index (χ2v) is 4.66. The monoisotopic (exact) mass is 225 g/mol. The molecule has 0 fully saturated rings. The lowest BCUT2D eigenvalue weighted by atomic mass is 10.1. The normalized spacial score (nSPS) is 11.7. The predicted molar refractivity (Wildman–Crippen MR) is 65.2 cm³/mol. The van der Waals surface area contributed by atoms with E-state index in [4.69, 9.17) is 5.73 Å². The van der Waals surface area contributed by atoms with E-state index in [1.165, 1.54) is 5.69 Å². The standard InChI is InChI=1S/C11H23N5/c1-9(2)11-10(8-12)13-14-16(11)7-5-6-15(3)4/h9H,5-8,12H2,1-4H3. The highest BCUT2D eigenvalue weighted by atomic mass is 15.4. The number of nitrogens with two attached hydrogens (primary N) is 1. The number of hydrogen-bond donors (Lipinski definition) is 1. The third-order valence-corrected chi connectivity index (χ3v) is 2.56. The Morgan fingerprint density at radius 3 is 2.56 bits per heavy atom. The summed E-state index contributed by atoms with van der Waals surface area (Å²) < 4.78 is 2.00. The van der Waals surface area contributed by atoms with E-state index in [2.05, 4.69) is 43.2 Å². The maximum Gasteiger partial charge on any atom is 0.0997 e. The van der Waals surface area contributed by atoms with Crippen molar-refractivity contribution < 1.29 is 0 Å². The van der Waals surface area contributed by atoms with Crippen LogP contribution in [-0.4, -0.2) is 40.5 Å². The fourth-order valence-corrected chi connectivity index (χ4v) is 1.83. The molecule has 0 radical (unpaired) electrons. The first-order valence-electron chi connectivity index (χ1n) is 5.83. The summed E-state index contributed by atoms with van der Waals surface area (Å²) in [4.78, 5) is 2.18. The summed E-state index contributed by atoms with van der Waals surface area (Å²) in [6, 6.07) is 0. The Hall–Kier alpha value is -0.940. The van der Waals surface area contributed by atoms with Crippen molar-refractivity contribution in [3.8, 4) is 0 Å². The zero-order valence-electron chi connectivity index (χ0n) is 10.8. The topological polar surface area (TPSA) is 60.0 Å². The first-order chi connectivity index (χ1) is 7.56. The highest BCUT2D eigenvalue weighted by Gasteiger charge is 2.14. The maximum absolute atomic E-state index is 5.65. The van der Waals surface area contributed by atoms with Crippen LogP contribution in [0.5, 0.6) is 0 Å². The molecule has 0 aliphatic rings. The van der Waals surface area contributed by atoms with E-state index in [0.717, 1.165) is 25.2 Å². The lowest BCUT2D eigenvalue weighted by Crippen LogP contribution is -2.17. The third kappa shape index (κ3) is 3.28. The molecule has 0 amide bonds. The van der Waals surface area contributed by atoms with E-state index in [1.807, 2.05) is 4.68 Å². The van der Waals surface area contributed by atoms with E-state index < -0.39 is 0 Å². The van der Waals surface area contributed by atoms with E-state index in [9.17, 15) is 0 Å². The van der Waals surface area contributed by atoms with Gasteiger partial charge >= 0.3 is 0 Å². The summed E-state index contributed by atoms with van der Waals surface area (Å²) in [6.07, 6.45) is 1.08. The first kappa shape index (κ1) is 13.1. The molecule has 16 heavy (non-hydrogen) atoms. The SMILES string of the molecule is CC(C)c1c(CN)nnn1CCCN(C)C. The fraction of sp³-hybridized carbons (Fsp3) is 0.818. The predicted octanol–water partition coefficient (Wildman–Crippen LogP) is 0.812. The van der Waals surface area contributed by atoms with Crippen LogP contribution in [0.15, 0.2) is 0 Å². The van der Waals surface area contributed by atoms with Crippen molar-refractivity contribution in [1.29, 1.82) is 0 Å². The van der Waals surface area contributed by atoms with Crippen molar-refractivity contribution in [3.05, 3.63) is 11.4 Å². The summed E-state index contributed by atoms with van der Waals surface area (Å²) in [7, 11) is 4.16. The minimum Gasteiger partial charge on any atom is -0.325 e. The Morgan fingerprint density at radius 1 is 1.38 bits per heavy atom. The van der Waals surface area contributed by atoms with Crippen LogP contribution >= 0.6 is 0 Å². The van der Waals surface area contributed by atoms with Gasteiger partial charge < -0.3 is 10.6 Å². The molecule has 0 bridgehead atoms. The second kappa shape index (κ2) is 5.96. The van der Waals surface area contributed by atoms with Crippen molar-refractivity contribution in [1.82, 2.24) is 19.9 Å². The lowest BCUT2D eigenvalue weighted by Gasteiger charge is -2.12. The molecule has 0 aliphatic carbocycles. The van der Waals surface area contributed by atoms with Gasteiger partial charge in [-0.15, -0.1) is 5.10 Å². The Labute approximate surface area is 97.6 Å². The van der Waals surface area contributed by atoms with Crippen molar-refractivity contribution in [3.63, 3.8) is 0 Å². The number of hydrogen-bond acceptors (Lipinski definition) is 4. The van der Waals surface area contributed by atoms with Crippen molar-refractivity contribution in [2.24, 2.45) is 5.73 Å². The smallest absolute Gasteiger partial charge is 0.0997 e. The number of aromatic nitrogens is 3. The molecular formula is C11H23N5. The van der Waals surface area contributed by atoms with Crippen LogP contribution in [0.4, 0.5) is 0 Å². The summed E-state index contributed by atoms with van der Waals surface area (Å²) in [5, 5.41) is 8.30. The van der Waals surface area contributed by atoms with Crippen LogP contribution in [0.2, 0.25) is 0 Å². The number of aryl methyl sites for hydroxylation is 1. The zero-order valence-corrected chi connectivity index (χ0v) is 10.8. The molecule has 5 nitrogen and oxygen atoms in total. The van der Waals surface area contributed by atoms with Gasteiger partial charge in [-0.05, 0) is 33.0 Å². The molecule has 0 aromatic carbocycles. The molecule has 2 N–H and O–H groups in total. The number of rotatable bonds is 6. The van der Waals surface area contributed by atoms with Gasteiger partial charge in [0.05, 0.1) is 11.4 Å². The van der Waals surface area contributed by atoms with Crippen LogP contribution in [0.1, 0.15) is 37.6 Å². The molecule has 1 rings (SSSR count). The largest absolute Gasteiger partial charge is 0.325 e. The van der Waals surface area contributed by atoms with Gasteiger partial charge in [-0.3, -0.25) is 0 Å². The number of nitrogens with zero attached hydrogens (tertiary/aromatic N) is 4.